The average Bonchev–Trinajstić information content (AvgIpc) is 2.82. The first-order valence-electron chi connectivity index (χ1n) is 11.4. The summed E-state index contributed by atoms with van der Waals surface area (Å²) in [5, 5.41) is 6.03. The standard InChI is InChI=1S/C25H28Cl2F3N3O2/c1-3-23(34)19-7-6-17(26)9-16(19)12-32-24(35)15-10-21(25(28,29)30)20(22(27)11-15)14-33-8-4-5-18(13-33)31-2/h6-7,9-11,18,31H,3-5,8,12-14H2,1-2H3,(H,32,35). The molecule has 10 heteroatoms. The molecule has 2 aromatic rings. The van der Waals surface area contributed by atoms with Crippen LogP contribution in [0.1, 0.15) is 63.6 Å². The maximum Gasteiger partial charge on any atom is 0.416 e. The molecule has 1 heterocycles. The van der Waals surface area contributed by atoms with Crippen LogP contribution in [0.2, 0.25) is 10.0 Å². The van der Waals surface area contributed by atoms with E-state index in [1.807, 2.05) is 11.9 Å². The van der Waals surface area contributed by atoms with Crippen molar-refractivity contribution in [1.29, 1.82) is 0 Å². The van der Waals surface area contributed by atoms with Gasteiger partial charge in [-0.05, 0) is 67.9 Å². The predicted octanol–water partition coefficient (Wildman–Crippen LogP) is 5.72. The second-order valence-corrected chi connectivity index (χ2v) is 9.45. The number of nitrogens with zero attached hydrogens (tertiary/aromatic N) is 1. The summed E-state index contributed by atoms with van der Waals surface area (Å²) in [4.78, 5) is 26.9. The number of halogens is 5. The molecule has 5 nitrogen and oxygen atoms in total. The van der Waals surface area contributed by atoms with Gasteiger partial charge in [-0.3, -0.25) is 14.5 Å². The summed E-state index contributed by atoms with van der Waals surface area (Å²) in [6.45, 7) is 2.97. The number of amides is 1. The van der Waals surface area contributed by atoms with Gasteiger partial charge in [-0.25, -0.2) is 0 Å². The zero-order valence-electron chi connectivity index (χ0n) is 19.6. The van der Waals surface area contributed by atoms with E-state index in [1.165, 1.54) is 6.07 Å². The maximum absolute atomic E-state index is 14.0. The second kappa shape index (κ2) is 11.7. The van der Waals surface area contributed by atoms with Gasteiger partial charge in [0, 0.05) is 53.3 Å². The van der Waals surface area contributed by atoms with Crippen molar-refractivity contribution in [2.75, 3.05) is 20.1 Å². The van der Waals surface area contributed by atoms with Crippen LogP contribution >= 0.6 is 23.2 Å². The molecule has 1 saturated heterocycles. The van der Waals surface area contributed by atoms with Crippen LogP contribution < -0.4 is 10.6 Å². The van der Waals surface area contributed by atoms with Crippen molar-refractivity contribution in [2.24, 2.45) is 0 Å². The summed E-state index contributed by atoms with van der Waals surface area (Å²) < 4.78 is 41.9. The number of Topliss-reactive ketones (excluding diaryl/α,β-unsaturated/α-hetero) is 1. The number of hydrogen-bond donors (Lipinski definition) is 2. The first-order valence-corrected chi connectivity index (χ1v) is 12.2. The molecule has 0 aromatic heterocycles. The molecule has 1 amide bonds. The minimum absolute atomic E-state index is 0.0404. The lowest BCUT2D eigenvalue weighted by Crippen LogP contribution is -2.44. The van der Waals surface area contributed by atoms with E-state index in [0.29, 0.717) is 29.2 Å². The SMILES string of the molecule is CCC(=O)c1ccc(Cl)cc1CNC(=O)c1cc(Cl)c(CN2CCCC(NC)C2)c(C(F)(F)F)c1. The fourth-order valence-corrected chi connectivity index (χ4v) is 4.76. The molecule has 0 radical (unpaired) electrons. The van der Waals surface area contributed by atoms with Gasteiger partial charge in [0.15, 0.2) is 5.78 Å². The maximum atomic E-state index is 14.0. The van der Waals surface area contributed by atoms with E-state index in [0.717, 1.165) is 18.9 Å². The number of piperidine rings is 1. The van der Waals surface area contributed by atoms with Gasteiger partial charge in [0.1, 0.15) is 0 Å². The van der Waals surface area contributed by atoms with E-state index in [4.69, 9.17) is 23.2 Å². The lowest BCUT2D eigenvalue weighted by Gasteiger charge is -2.33. The first kappa shape index (κ1) is 27.5. The Morgan fingerprint density at radius 2 is 1.91 bits per heavy atom. The molecule has 190 valence electrons. The highest BCUT2D eigenvalue weighted by molar-refractivity contribution is 6.32. The molecule has 1 atom stereocenters. The summed E-state index contributed by atoms with van der Waals surface area (Å²) in [7, 11) is 1.83. The van der Waals surface area contributed by atoms with E-state index in [9.17, 15) is 22.8 Å². The van der Waals surface area contributed by atoms with E-state index < -0.39 is 17.6 Å². The molecule has 0 saturated carbocycles. The molecule has 2 aromatic carbocycles. The van der Waals surface area contributed by atoms with Gasteiger partial charge in [0.2, 0.25) is 0 Å². The summed E-state index contributed by atoms with van der Waals surface area (Å²) in [5.74, 6) is -0.858. The molecule has 0 bridgehead atoms. The number of nitrogens with one attached hydrogen (secondary N) is 2. The average molecular weight is 530 g/mol. The molecule has 3 rings (SSSR count). The second-order valence-electron chi connectivity index (χ2n) is 8.61. The van der Waals surface area contributed by atoms with Gasteiger partial charge in [-0.15, -0.1) is 0 Å². The van der Waals surface area contributed by atoms with Crippen molar-refractivity contribution in [2.45, 2.75) is 51.5 Å². The fraction of sp³-hybridized carbons (Fsp3) is 0.440. The van der Waals surface area contributed by atoms with Crippen LogP contribution in [0, 0.1) is 0 Å². The summed E-state index contributed by atoms with van der Waals surface area (Å²) in [5.41, 5.74) is -0.281. The Balaban J connectivity index is 1.84. The Labute approximate surface area is 213 Å². The van der Waals surface area contributed by atoms with Crippen LogP contribution in [0.5, 0.6) is 0 Å². The number of carbonyl (C=O) groups is 2. The quantitative estimate of drug-likeness (QED) is 0.429. The predicted molar refractivity (Wildman–Crippen MR) is 131 cm³/mol. The van der Waals surface area contributed by atoms with Gasteiger partial charge >= 0.3 is 6.18 Å². The highest BCUT2D eigenvalue weighted by Crippen LogP contribution is 2.37. The topological polar surface area (TPSA) is 61.4 Å². The van der Waals surface area contributed by atoms with Gasteiger partial charge in [-0.2, -0.15) is 13.2 Å². The van der Waals surface area contributed by atoms with Crippen molar-refractivity contribution in [3.8, 4) is 0 Å². The van der Waals surface area contributed by atoms with Gasteiger partial charge in [0.25, 0.3) is 5.91 Å². The van der Waals surface area contributed by atoms with E-state index >= 15 is 0 Å². The number of ketones is 1. The van der Waals surface area contributed by atoms with Gasteiger partial charge in [-0.1, -0.05) is 30.1 Å². The number of likely N-dealkylation sites (N-methyl/N-ethyl adjacent to an activating group) is 1. The zero-order valence-corrected chi connectivity index (χ0v) is 21.1. The molecule has 35 heavy (non-hydrogen) atoms. The first-order chi connectivity index (χ1) is 16.5. The molecule has 0 aliphatic carbocycles. The van der Waals surface area contributed by atoms with E-state index in [-0.39, 0.29) is 47.5 Å². The van der Waals surface area contributed by atoms with Gasteiger partial charge in [0.05, 0.1) is 5.56 Å². The fourth-order valence-electron chi connectivity index (χ4n) is 4.29. The van der Waals surface area contributed by atoms with E-state index in [2.05, 4.69) is 10.6 Å². The lowest BCUT2D eigenvalue weighted by atomic mass is 9.99. The summed E-state index contributed by atoms with van der Waals surface area (Å²) in [6.07, 6.45) is -2.58. The Bertz CT molecular complexity index is 1090. The van der Waals surface area contributed by atoms with Crippen molar-refractivity contribution >= 4 is 34.9 Å². The third-order valence-corrected chi connectivity index (χ3v) is 6.76. The monoisotopic (exact) mass is 529 g/mol. The number of carbonyl (C=O) groups excluding carboxylic acids is 2. The molecule has 0 spiro atoms. The minimum Gasteiger partial charge on any atom is -0.348 e. The van der Waals surface area contributed by atoms with Crippen LogP contribution in [0.15, 0.2) is 30.3 Å². The van der Waals surface area contributed by atoms with Crippen LogP contribution in [0.3, 0.4) is 0 Å². The van der Waals surface area contributed by atoms with Crippen molar-refractivity contribution in [3.05, 3.63) is 68.2 Å². The Morgan fingerprint density at radius 3 is 2.57 bits per heavy atom. The smallest absolute Gasteiger partial charge is 0.348 e. The normalized spacial score (nSPS) is 16.8. The lowest BCUT2D eigenvalue weighted by molar-refractivity contribution is -0.138. The third kappa shape index (κ3) is 6.97. The molecule has 2 N–H and O–H groups in total. The number of hydrogen-bond acceptors (Lipinski definition) is 4. The van der Waals surface area contributed by atoms with Crippen molar-refractivity contribution in [3.63, 3.8) is 0 Å². The highest BCUT2D eigenvalue weighted by Gasteiger charge is 2.36. The van der Waals surface area contributed by atoms with Crippen LogP contribution in [0.4, 0.5) is 13.2 Å². The minimum atomic E-state index is -4.68. The number of likely N-dealkylation sites (tertiary alicyclic amines) is 1. The molecule has 1 aliphatic heterocycles. The molecule has 1 fully saturated rings. The van der Waals surface area contributed by atoms with Crippen LogP contribution in [0.25, 0.3) is 0 Å². The highest BCUT2D eigenvalue weighted by atomic mass is 35.5. The Kier molecular flexibility index (Phi) is 9.21. The summed E-state index contributed by atoms with van der Waals surface area (Å²) >= 11 is 12.3. The van der Waals surface area contributed by atoms with Crippen LogP contribution in [-0.2, 0) is 19.3 Å². The summed E-state index contributed by atoms with van der Waals surface area (Å²) in [6, 6.07) is 7.01. The van der Waals surface area contributed by atoms with E-state index in [1.54, 1.807) is 25.1 Å². The third-order valence-electron chi connectivity index (χ3n) is 6.19. The number of alkyl halides is 3. The molecule has 1 unspecified atom stereocenters. The van der Waals surface area contributed by atoms with Crippen molar-refractivity contribution < 1.29 is 22.8 Å². The zero-order chi connectivity index (χ0) is 25.8. The largest absolute Gasteiger partial charge is 0.416 e. The Hall–Kier alpha value is -2.13. The molecular formula is C25H28Cl2F3N3O2. The number of benzene rings is 2. The van der Waals surface area contributed by atoms with Crippen molar-refractivity contribution in [1.82, 2.24) is 15.5 Å². The van der Waals surface area contributed by atoms with Gasteiger partial charge < -0.3 is 10.6 Å². The molecule has 1 aliphatic rings. The Morgan fingerprint density at radius 1 is 1.17 bits per heavy atom. The van der Waals surface area contributed by atoms with Crippen LogP contribution in [-0.4, -0.2) is 42.8 Å². The molecular weight excluding hydrogens is 502 g/mol. The number of rotatable bonds is 8.